The zero-order chi connectivity index (χ0) is 14.9. The lowest BCUT2D eigenvalue weighted by Crippen LogP contribution is -2.47. The van der Waals surface area contributed by atoms with Gasteiger partial charge in [0.1, 0.15) is 6.10 Å². The highest BCUT2D eigenvalue weighted by Crippen LogP contribution is 2.27. The molecule has 2 unspecified atom stereocenters. The highest BCUT2D eigenvalue weighted by molar-refractivity contribution is 5.99. The molecule has 0 bridgehead atoms. The number of benzene rings is 3. The molecule has 112 valence electrons. The first-order valence-corrected chi connectivity index (χ1v) is 7.51. The van der Waals surface area contributed by atoms with E-state index in [1.54, 1.807) is 7.11 Å². The smallest absolute Gasteiger partial charge is 0.185 e. The molecule has 3 aromatic carbocycles. The topological polar surface area (TPSA) is 27.7 Å². The van der Waals surface area contributed by atoms with Crippen LogP contribution in [0, 0.1) is 0 Å². The number of rotatable bonds is 4. The number of ether oxygens (including phenoxy) is 3. The van der Waals surface area contributed by atoms with Gasteiger partial charge < -0.3 is 14.2 Å². The van der Waals surface area contributed by atoms with Crippen molar-refractivity contribution in [3.63, 3.8) is 0 Å². The minimum atomic E-state index is -0.226. The zero-order valence-corrected chi connectivity index (χ0v) is 12.5. The summed E-state index contributed by atoms with van der Waals surface area (Å²) in [5, 5.41) is 5.01. The van der Waals surface area contributed by atoms with Crippen molar-refractivity contribution in [2.45, 2.75) is 19.0 Å². The molecule has 1 fully saturated rings. The summed E-state index contributed by atoms with van der Waals surface area (Å²) in [6.07, 6.45) is -0.198. The van der Waals surface area contributed by atoms with Crippen LogP contribution >= 0.6 is 0 Å². The lowest BCUT2D eigenvalue weighted by Gasteiger charge is -2.35. The van der Waals surface area contributed by atoms with Gasteiger partial charge in [-0.25, -0.2) is 0 Å². The molecule has 1 aliphatic heterocycles. The average Bonchev–Trinajstić information content (AvgIpc) is 2.53. The van der Waals surface area contributed by atoms with E-state index in [9.17, 15) is 0 Å². The number of fused-ring (bicyclic) bond motifs is 2. The van der Waals surface area contributed by atoms with Crippen LogP contribution in [0.15, 0.2) is 54.6 Å². The predicted octanol–water partition coefficient (Wildman–Crippen LogP) is 3.88. The fourth-order valence-electron chi connectivity index (χ4n) is 2.95. The van der Waals surface area contributed by atoms with Crippen LogP contribution in [-0.2, 0) is 20.8 Å². The second-order valence-corrected chi connectivity index (χ2v) is 5.62. The highest BCUT2D eigenvalue weighted by Gasteiger charge is 2.33. The summed E-state index contributed by atoms with van der Waals surface area (Å²) in [6.45, 7) is 1.18. The monoisotopic (exact) mass is 294 g/mol. The van der Waals surface area contributed by atoms with Crippen molar-refractivity contribution in [3.8, 4) is 0 Å². The van der Waals surface area contributed by atoms with Gasteiger partial charge in [-0.2, -0.15) is 0 Å². The molecule has 1 aliphatic rings. The Hall–Kier alpha value is -1.94. The third-order valence-corrected chi connectivity index (χ3v) is 4.25. The third-order valence-electron chi connectivity index (χ3n) is 4.25. The Morgan fingerprint density at radius 3 is 2.50 bits per heavy atom. The van der Waals surface area contributed by atoms with Gasteiger partial charge in [-0.15, -0.1) is 0 Å². The van der Waals surface area contributed by atoms with E-state index in [1.165, 1.54) is 27.1 Å². The van der Waals surface area contributed by atoms with Gasteiger partial charge in [-0.3, -0.25) is 0 Å². The van der Waals surface area contributed by atoms with Crippen LogP contribution in [0.4, 0.5) is 0 Å². The normalized spacial score (nSPS) is 21.1. The molecule has 0 spiro atoms. The van der Waals surface area contributed by atoms with Crippen LogP contribution in [0.2, 0.25) is 0 Å². The van der Waals surface area contributed by atoms with Crippen molar-refractivity contribution >= 4 is 21.5 Å². The molecule has 0 radical (unpaired) electrons. The molecule has 1 saturated heterocycles. The second kappa shape index (κ2) is 5.69. The summed E-state index contributed by atoms with van der Waals surface area (Å²) in [7, 11) is 1.64. The van der Waals surface area contributed by atoms with Crippen molar-refractivity contribution in [1.29, 1.82) is 0 Å². The van der Waals surface area contributed by atoms with Crippen molar-refractivity contribution in [2.24, 2.45) is 0 Å². The van der Waals surface area contributed by atoms with Gasteiger partial charge >= 0.3 is 0 Å². The van der Waals surface area contributed by atoms with Gasteiger partial charge in [0.2, 0.25) is 0 Å². The Morgan fingerprint density at radius 2 is 1.77 bits per heavy atom. The van der Waals surface area contributed by atoms with Crippen LogP contribution < -0.4 is 0 Å². The SMILES string of the molecule is COC1OCC1OCc1cccc2cc3ccccc3cc12. The average molecular weight is 294 g/mol. The Bertz CT molecular complexity index is 810. The Kier molecular flexibility index (Phi) is 3.54. The maximum atomic E-state index is 5.94. The standard InChI is InChI=1S/C19H18O3/c1-20-19-18(12-22-19)21-11-16-8-4-7-15-9-13-5-2-3-6-14(13)10-17(15)16/h2-10,18-19H,11-12H2,1H3. The minimum Gasteiger partial charge on any atom is -0.366 e. The summed E-state index contributed by atoms with van der Waals surface area (Å²) in [5.74, 6) is 0. The molecular formula is C19H18O3. The van der Waals surface area contributed by atoms with Gasteiger partial charge in [-0.1, -0.05) is 42.5 Å². The number of methoxy groups -OCH3 is 1. The number of hydrogen-bond acceptors (Lipinski definition) is 3. The van der Waals surface area contributed by atoms with E-state index in [0.29, 0.717) is 13.2 Å². The Morgan fingerprint density at radius 1 is 1.00 bits per heavy atom. The predicted molar refractivity (Wildman–Crippen MR) is 86.8 cm³/mol. The van der Waals surface area contributed by atoms with Crippen LogP contribution in [0.1, 0.15) is 5.56 Å². The maximum absolute atomic E-state index is 5.94. The molecule has 0 saturated carbocycles. The fraction of sp³-hybridized carbons (Fsp3) is 0.263. The highest BCUT2D eigenvalue weighted by atomic mass is 16.7. The fourth-order valence-corrected chi connectivity index (χ4v) is 2.95. The maximum Gasteiger partial charge on any atom is 0.185 e. The van der Waals surface area contributed by atoms with E-state index in [2.05, 4.69) is 54.6 Å². The molecular weight excluding hydrogens is 276 g/mol. The molecule has 0 aliphatic carbocycles. The molecule has 0 aromatic heterocycles. The van der Waals surface area contributed by atoms with Gasteiger partial charge in [0, 0.05) is 7.11 Å². The lowest BCUT2D eigenvalue weighted by molar-refractivity contribution is -0.288. The van der Waals surface area contributed by atoms with Gasteiger partial charge in [0.15, 0.2) is 6.29 Å². The van der Waals surface area contributed by atoms with E-state index in [-0.39, 0.29) is 12.4 Å². The van der Waals surface area contributed by atoms with E-state index in [1.807, 2.05) is 0 Å². The largest absolute Gasteiger partial charge is 0.366 e. The summed E-state index contributed by atoms with van der Waals surface area (Å²) in [6, 6.07) is 19.3. The second-order valence-electron chi connectivity index (χ2n) is 5.62. The Labute approximate surface area is 129 Å². The van der Waals surface area contributed by atoms with E-state index in [0.717, 1.165) is 0 Å². The Balaban J connectivity index is 1.66. The van der Waals surface area contributed by atoms with Crippen LogP contribution in [-0.4, -0.2) is 26.1 Å². The molecule has 0 amide bonds. The van der Waals surface area contributed by atoms with E-state index in [4.69, 9.17) is 14.2 Å². The van der Waals surface area contributed by atoms with Crippen molar-refractivity contribution < 1.29 is 14.2 Å². The van der Waals surface area contributed by atoms with Crippen LogP contribution in [0.25, 0.3) is 21.5 Å². The first kappa shape index (κ1) is 13.7. The quantitative estimate of drug-likeness (QED) is 0.683. The molecule has 22 heavy (non-hydrogen) atoms. The van der Waals surface area contributed by atoms with Gasteiger partial charge in [0.05, 0.1) is 13.2 Å². The van der Waals surface area contributed by atoms with Crippen molar-refractivity contribution in [2.75, 3.05) is 13.7 Å². The third kappa shape index (κ3) is 2.37. The summed E-state index contributed by atoms with van der Waals surface area (Å²) in [4.78, 5) is 0. The minimum absolute atomic E-state index is 0.0284. The lowest BCUT2D eigenvalue weighted by atomic mass is 10.00. The molecule has 3 nitrogen and oxygen atoms in total. The van der Waals surface area contributed by atoms with Crippen molar-refractivity contribution in [3.05, 3.63) is 60.2 Å². The first-order chi connectivity index (χ1) is 10.8. The number of hydrogen-bond donors (Lipinski definition) is 0. The molecule has 0 N–H and O–H groups in total. The molecule has 3 aromatic rings. The van der Waals surface area contributed by atoms with Crippen LogP contribution in [0.3, 0.4) is 0 Å². The summed E-state index contributed by atoms with van der Waals surface area (Å²) < 4.78 is 16.4. The molecule has 1 heterocycles. The molecule has 3 heteroatoms. The first-order valence-electron chi connectivity index (χ1n) is 7.51. The van der Waals surface area contributed by atoms with Crippen LogP contribution in [0.5, 0.6) is 0 Å². The van der Waals surface area contributed by atoms with Crippen molar-refractivity contribution in [1.82, 2.24) is 0 Å². The van der Waals surface area contributed by atoms with Gasteiger partial charge in [0.25, 0.3) is 0 Å². The van der Waals surface area contributed by atoms with Gasteiger partial charge in [-0.05, 0) is 39.2 Å². The molecule has 2 atom stereocenters. The van der Waals surface area contributed by atoms with E-state index < -0.39 is 0 Å². The summed E-state index contributed by atoms with van der Waals surface area (Å²) >= 11 is 0. The zero-order valence-electron chi connectivity index (χ0n) is 12.5. The molecule has 4 rings (SSSR count). The summed E-state index contributed by atoms with van der Waals surface area (Å²) in [5.41, 5.74) is 1.20. The van der Waals surface area contributed by atoms with E-state index >= 15 is 0 Å².